The van der Waals surface area contributed by atoms with Crippen LogP contribution in [0.15, 0.2) is 18.3 Å². The van der Waals surface area contributed by atoms with Gasteiger partial charge in [0, 0.05) is 11.9 Å². The summed E-state index contributed by atoms with van der Waals surface area (Å²) in [6.45, 7) is -1.06. The van der Waals surface area contributed by atoms with Crippen LogP contribution in [0.5, 0.6) is 0 Å². The van der Waals surface area contributed by atoms with Gasteiger partial charge in [0.25, 0.3) is 0 Å². The van der Waals surface area contributed by atoms with E-state index in [-0.39, 0.29) is 6.54 Å². The number of aromatic nitrogens is 1. The average molecular weight is 194 g/mol. The predicted octanol–water partition coefficient (Wildman–Crippen LogP) is 1.60. The molecule has 0 unspecified atom stereocenters. The van der Waals surface area contributed by atoms with Gasteiger partial charge in [-0.25, -0.2) is 0 Å². The Labute approximate surface area is 72.8 Å². The zero-order valence-corrected chi connectivity index (χ0v) is 6.69. The van der Waals surface area contributed by atoms with Crippen molar-refractivity contribution < 1.29 is 18.0 Å². The quantitative estimate of drug-likeness (QED) is 0.564. The molecule has 3 nitrogen and oxygen atoms in total. The van der Waals surface area contributed by atoms with Crippen molar-refractivity contribution in [3.8, 4) is 0 Å². The van der Waals surface area contributed by atoms with Crippen LogP contribution in [0.2, 0.25) is 0 Å². The molecule has 0 aliphatic rings. The highest BCUT2D eigenvalue weighted by Gasteiger charge is 2.27. The van der Waals surface area contributed by atoms with Crippen molar-refractivity contribution in [2.24, 2.45) is 0 Å². The van der Waals surface area contributed by atoms with Crippen LogP contribution in [0.3, 0.4) is 0 Å². The summed E-state index contributed by atoms with van der Waals surface area (Å²) in [5.74, 6) is 0. The molecular weight excluding hydrogens is 185 g/mol. The lowest BCUT2D eigenvalue weighted by Gasteiger charge is -2.07. The molecule has 0 aliphatic carbocycles. The standard InChI is InChI=1S/C7H9F3N2O/c8-7(9,10)5-13-12-4-6-2-1-3-11-6/h1-3,11-12H,4-5H2. The fourth-order valence-electron chi connectivity index (χ4n) is 0.739. The highest BCUT2D eigenvalue weighted by Crippen LogP contribution is 2.13. The monoisotopic (exact) mass is 194 g/mol. The fourth-order valence-corrected chi connectivity index (χ4v) is 0.739. The molecule has 2 N–H and O–H groups in total. The first-order valence-electron chi connectivity index (χ1n) is 3.61. The zero-order chi connectivity index (χ0) is 9.73. The number of halogens is 3. The van der Waals surface area contributed by atoms with Crippen LogP contribution >= 0.6 is 0 Å². The minimum absolute atomic E-state index is 0.225. The third kappa shape index (κ3) is 4.54. The van der Waals surface area contributed by atoms with Gasteiger partial charge in [0.05, 0.1) is 6.54 Å². The molecular formula is C7H9F3N2O. The van der Waals surface area contributed by atoms with Crippen molar-refractivity contribution >= 4 is 0 Å². The van der Waals surface area contributed by atoms with Gasteiger partial charge in [-0.05, 0) is 12.1 Å². The van der Waals surface area contributed by atoms with Gasteiger partial charge in [0.15, 0.2) is 6.61 Å². The smallest absolute Gasteiger partial charge is 0.364 e. The summed E-state index contributed by atoms with van der Waals surface area (Å²) in [7, 11) is 0. The lowest BCUT2D eigenvalue weighted by Crippen LogP contribution is -2.24. The molecule has 13 heavy (non-hydrogen) atoms. The third-order valence-electron chi connectivity index (χ3n) is 1.26. The Morgan fingerprint density at radius 2 is 2.23 bits per heavy atom. The number of aromatic amines is 1. The Kier molecular flexibility index (Phi) is 3.32. The van der Waals surface area contributed by atoms with E-state index in [1.165, 1.54) is 0 Å². The Balaban J connectivity index is 2.09. The van der Waals surface area contributed by atoms with Crippen LogP contribution < -0.4 is 5.48 Å². The first-order valence-corrected chi connectivity index (χ1v) is 3.61. The molecule has 1 aromatic rings. The molecule has 0 radical (unpaired) electrons. The molecule has 0 fully saturated rings. The minimum Gasteiger partial charge on any atom is -0.364 e. The highest BCUT2D eigenvalue weighted by atomic mass is 19.4. The summed E-state index contributed by atoms with van der Waals surface area (Å²) in [5, 5.41) is 0. The molecule has 1 rings (SSSR count). The van der Waals surface area contributed by atoms with Crippen LogP contribution in [-0.2, 0) is 11.4 Å². The molecule has 74 valence electrons. The van der Waals surface area contributed by atoms with E-state index < -0.39 is 12.8 Å². The van der Waals surface area contributed by atoms with Crippen molar-refractivity contribution in [1.82, 2.24) is 10.5 Å². The molecule has 0 aliphatic heterocycles. The largest absolute Gasteiger partial charge is 0.413 e. The summed E-state index contributed by atoms with van der Waals surface area (Å²) < 4.78 is 34.6. The second-order valence-corrected chi connectivity index (χ2v) is 2.42. The highest BCUT2D eigenvalue weighted by molar-refractivity contribution is 5.02. The Bertz CT molecular complexity index is 232. The number of hydrogen-bond donors (Lipinski definition) is 2. The van der Waals surface area contributed by atoms with E-state index in [1.54, 1.807) is 18.3 Å². The summed E-state index contributed by atoms with van der Waals surface area (Å²) in [4.78, 5) is 6.99. The van der Waals surface area contributed by atoms with Gasteiger partial charge < -0.3 is 4.98 Å². The second kappa shape index (κ2) is 4.29. The normalized spacial score (nSPS) is 11.9. The molecule has 0 spiro atoms. The number of hydroxylamine groups is 1. The van der Waals surface area contributed by atoms with Gasteiger partial charge in [-0.2, -0.15) is 18.7 Å². The van der Waals surface area contributed by atoms with Gasteiger partial charge in [-0.1, -0.05) is 0 Å². The summed E-state index contributed by atoms with van der Waals surface area (Å²) in [5.41, 5.74) is 2.96. The second-order valence-electron chi connectivity index (χ2n) is 2.42. The van der Waals surface area contributed by atoms with E-state index in [0.717, 1.165) is 5.69 Å². The first-order chi connectivity index (χ1) is 6.08. The number of H-pyrrole nitrogens is 1. The molecule has 0 saturated heterocycles. The maximum absolute atomic E-state index is 11.5. The number of alkyl halides is 3. The summed E-state index contributed by atoms with van der Waals surface area (Å²) in [6.07, 6.45) is -2.61. The molecule has 0 bridgehead atoms. The van der Waals surface area contributed by atoms with Crippen LogP contribution in [0.25, 0.3) is 0 Å². The van der Waals surface area contributed by atoms with Crippen molar-refractivity contribution in [3.05, 3.63) is 24.0 Å². The molecule has 0 amide bonds. The van der Waals surface area contributed by atoms with E-state index in [1.807, 2.05) is 0 Å². The summed E-state index contributed by atoms with van der Waals surface area (Å²) in [6, 6.07) is 3.49. The number of hydrogen-bond acceptors (Lipinski definition) is 2. The predicted molar refractivity (Wildman–Crippen MR) is 39.6 cm³/mol. The van der Waals surface area contributed by atoms with Gasteiger partial charge in [-0.15, -0.1) is 0 Å². The summed E-state index contributed by atoms with van der Waals surface area (Å²) >= 11 is 0. The van der Waals surface area contributed by atoms with Gasteiger partial charge in [0.1, 0.15) is 0 Å². The molecule has 0 aromatic carbocycles. The lowest BCUT2D eigenvalue weighted by atomic mass is 10.4. The van der Waals surface area contributed by atoms with Crippen molar-refractivity contribution in [2.75, 3.05) is 6.61 Å². The SMILES string of the molecule is FC(F)(F)CONCc1ccc[nH]1. The Morgan fingerprint density at radius 3 is 2.77 bits per heavy atom. The van der Waals surface area contributed by atoms with Crippen molar-refractivity contribution in [3.63, 3.8) is 0 Å². The van der Waals surface area contributed by atoms with E-state index in [9.17, 15) is 13.2 Å². The van der Waals surface area contributed by atoms with Crippen LogP contribution in [0.4, 0.5) is 13.2 Å². The average Bonchev–Trinajstić information content (AvgIpc) is 2.48. The molecule has 6 heteroatoms. The van der Waals surface area contributed by atoms with Crippen LogP contribution in [-0.4, -0.2) is 17.8 Å². The Morgan fingerprint density at radius 1 is 1.46 bits per heavy atom. The maximum atomic E-state index is 11.5. The molecule has 0 saturated carbocycles. The molecule has 1 aromatic heterocycles. The van der Waals surface area contributed by atoms with Crippen molar-refractivity contribution in [2.45, 2.75) is 12.7 Å². The van der Waals surface area contributed by atoms with Gasteiger partial charge in [0.2, 0.25) is 0 Å². The van der Waals surface area contributed by atoms with E-state index in [0.29, 0.717) is 0 Å². The van der Waals surface area contributed by atoms with E-state index in [2.05, 4.69) is 15.3 Å². The van der Waals surface area contributed by atoms with Gasteiger partial charge in [-0.3, -0.25) is 4.84 Å². The van der Waals surface area contributed by atoms with Crippen LogP contribution in [0, 0.1) is 0 Å². The Hall–Kier alpha value is -1.01. The minimum atomic E-state index is -4.29. The molecule has 0 atom stereocenters. The molecule has 1 heterocycles. The van der Waals surface area contributed by atoms with Gasteiger partial charge >= 0.3 is 6.18 Å². The number of rotatable bonds is 4. The van der Waals surface area contributed by atoms with Crippen LogP contribution in [0.1, 0.15) is 5.69 Å². The van der Waals surface area contributed by atoms with Crippen molar-refractivity contribution in [1.29, 1.82) is 0 Å². The topological polar surface area (TPSA) is 37.0 Å². The fraction of sp³-hybridized carbons (Fsp3) is 0.429. The van der Waals surface area contributed by atoms with E-state index >= 15 is 0 Å². The first kappa shape index (κ1) is 10.1. The lowest BCUT2D eigenvalue weighted by molar-refractivity contribution is -0.190. The third-order valence-corrected chi connectivity index (χ3v) is 1.26. The number of nitrogens with one attached hydrogen (secondary N) is 2. The zero-order valence-electron chi connectivity index (χ0n) is 6.69. The van der Waals surface area contributed by atoms with E-state index in [4.69, 9.17) is 0 Å². The maximum Gasteiger partial charge on any atom is 0.413 e.